The summed E-state index contributed by atoms with van der Waals surface area (Å²) in [6, 6.07) is 0.464. The summed E-state index contributed by atoms with van der Waals surface area (Å²) >= 11 is 0. The molecule has 1 unspecified atom stereocenters. The van der Waals surface area contributed by atoms with E-state index in [2.05, 4.69) is 12.2 Å². The molecule has 0 aromatic heterocycles. The number of hydrogen-bond donors (Lipinski definition) is 2. The first-order chi connectivity index (χ1) is 7.26. The highest BCUT2D eigenvalue weighted by Gasteiger charge is 2.36. The molecule has 15 heavy (non-hydrogen) atoms. The van der Waals surface area contributed by atoms with Crippen LogP contribution in [0.15, 0.2) is 0 Å². The van der Waals surface area contributed by atoms with Gasteiger partial charge in [-0.15, -0.1) is 0 Å². The van der Waals surface area contributed by atoms with Crippen molar-refractivity contribution in [2.45, 2.75) is 45.1 Å². The van der Waals surface area contributed by atoms with Gasteiger partial charge in [-0.3, -0.25) is 0 Å². The number of aliphatic hydroxyl groups excluding tert-OH is 1. The van der Waals surface area contributed by atoms with Crippen molar-refractivity contribution in [1.82, 2.24) is 5.32 Å². The fraction of sp³-hybridized carbons (Fsp3) is 1.00. The molecular formula is C12H25NO2. The Morgan fingerprint density at radius 3 is 2.60 bits per heavy atom. The second kappa shape index (κ2) is 6.46. The van der Waals surface area contributed by atoms with Gasteiger partial charge in [-0.05, 0) is 31.1 Å². The molecule has 0 radical (unpaired) electrons. The maximum Gasteiger partial charge on any atom is 0.0615 e. The van der Waals surface area contributed by atoms with Gasteiger partial charge in [-0.2, -0.15) is 0 Å². The summed E-state index contributed by atoms with van der Waals surface area (Å²) < 4.78 is 5.16. The van der Waals surface area contributed by atoms with Crippen LogP contribution in [0.3, 0.4) is 0 Å². The molecule has 1 aliphatic carbocycles. The number of ether oxygens (including phenoxy) is 1. The zero-order chi connectivity index (χ0) is 11.1. The minimum atomic E-state index is 0.322. The van der Waals surface area contributed by atoms with Crippen LogP contribution in [0.1, 0.15) is 39.0 Å². The van der Waals surface area contributed by atoms with Crippen LogP contribution in [-0.4, -0.2) is 38.0 Å². The number of nitrogens with one attached hydrogen (secondary N) is 1. The first-order valence-electron chi connectivity index (χ1n) is 6.09. The fourth-order valence-electron chi connectivity index (χ4n) is 2.31. The van der Waals surface area contributed by atoms with Gasteiger partial charge in [0.2, 0.25) is 0 Å². The Bertz CT molecular complexity index is 169. The summed E-state index contributed by atoms with van der Waals surface area (Å²) in [6.45, 7) is 4.32. The maximum absolute atomic E-state index is 9.04. The molecule has 1 saturated carbocycles. The molecule has 0 aromatic carbocycles. The van der Waals surface area contributed by atoms with Crippen LogP contribution >= 0.6 is 0 Å². The fourth-order valence-corrected chi connectivity index (χ4v) is 2.31. The Kier molecular flexibility index (Phi) is 5.58. The van der Waals surface area contributed by atoms with Gasteiger partial charge in [0.15, 0.2) is 0 Å². The molecule has 0 saturated heterocycles. The van der Waals surface area contributed by atoms with E-state index in [4.69, 9.17) is 9.84 Å². The highest BCUT2D eigenvalue weighted by atomic mass is 16.5. The van der Waals surface area contributed by atoms with Gasteiger partial charge in [0.1, 0.15) is 0 Å². The van der Waals surface area contributed by atoms with Crippen LogP contribution in [0, 0.1) is 5.41 Å². The van der Waals surface area contributed by atoms with Crippen molar-refractivity contribution >= 4 is 0 Å². The summed E-state index contributed by atoms with van der Waals surface area (Å²) in [5, 5.41) is 12.6. The Balaban J connectivity index is 2.26. The molecule has 0 aliphatic heterocycles. The molecule has 0 heterocycles. The first-order valence-corrected chi connectivity index (χ1v) is 6.09. The molecule has 0 spiro atoms. The van der Waals surface area contributed by atoms with E-state index in [9.17, 15) is 0 Å². The van der Waals surface area contributed by atoms with Crippen LogP contribution in [-0.2, 0) is 4.74 Å². The standard InChI is InChI=1S/C12H25NO2/c1-3-11(9-15-2)13-10-12(7-8-14)5-4-6-12/h11,13-14H,3-10H2,1-2H3. The minimum Gasteiger partial charge on any atom is -0.396 e. The minimum absolute atomic E-state index is 0.322. The van der Waals surface area contributed by atoms with Gasteiger partial charge in [-0.1, -0.05) is 13.3 Å². The molecule has 0 bridgehead atoms. The third kappa shape index (κ3) is 3.74. The molecule has 1 aliphatic rings. The van der Waals surface area contributed by atoms with E-state index >= 15 is 0 Å². The van der Waals surface area contributed by atoms with Crippen molar-refractivity contribution in [2.75, 3.05) is 26.9 Å². The average Bonchev–Trinajstić information content (AvgIpc) is 2.19. The predicted octanol–water partition coefficient (Wildman–Crippen LogP) is 1.55. The van der Waals surface area contributed by atoms with Crippen molar-refractivity contribution in [2.24, 2.45) is 5.41 Å². The Labute approximate surface area is 93.2 Å². The molecule has 2 N–H and O–H groups in total. The summed E-state index contributed by atoms with van der Waals surface area (Å²) in [7, 11) is 1.75. The van der Waals surface area contributed by atoms with Crippen LogP contribution in [0.4, 0.5) is 0 Å². The number of methoxy groups -OCH3 is 1. The first kappa shape index (κ1) is 12.9. The van der Waals surface area contributed by atoms with Gasteiger partial charge >= 0.3 is 0 Å². The molecule has 1 rings (SSSR count). The lowest BCUT2D eigenvalue weighted by molar-refractivity contribution is 0.0747. The molecule has 3 nitrogen and oxygen atoms in total. The van der Waals surface area contributed by atoms with E-state index in [1.165, 1.54) is 19.3 Å². The highest BCUT2D eigenvalue weighted by molar-refractivity contribution is 4.90. The largest absolute Gasteiger partial charge is 0.396 e. The molecule has 0 amide bonds. The molecule has 1 fully saturated rings. The van der Waals surface area contributed by atoms with Gasteiger partial charge in [0.25, 0.3) is 0 Å². The molecule has 90 valence electrons. The van der Waals surface area contributed by atoms with E-state index in [-0.39, 0.29) is 0 Å². The van der Waals surface area contributed by atoms with Gasteiger partial charge < -0.3 is 15.2 Å². The predicted molar refractivity (Wildman–Crippen MR) is 61.9 cm³/mol. The van der Waals surface area contributed by atoms with E-state index in [1.54, 1.807) is 7.11 Å². The number of aliphatic hydroxyl groups is 1. The molecular weight excluding hydrogens is 190 g/mol. The van der Waals surface area contributed by atoms with Crippen molar-refractivity contribution in [1.29, 1.82) is 0 Å². The third-order valence-electron chi connectivity index (χ3n) is 3.68. The maximum atomic E-state index is 9.04. The second-order valence-corrected chi connectivity index (χ2v) is 4.77. The summed E-state index contributed by atoms with van der Waals surface area (Å²) in [5.41, 5.74) is 0.385. The monoisotopic (exact) mass is 215 g/mol. The smallest absolute Gasteiger partial charge is 0.0615 e. The van der Waals surface area contributed by atoms with E-state index in [0.717, 1.165) is 26.0 Å². The zero-order valence-corrected chi connectivity index (χ0v) is 10.1. The summed E-state index contributed by atoms with van der Waals surface area (Å²) in [6.07, 6.45) is 5.91. The number of hydrogen-bond acceptors (Lipinski definition) is 3. The van der Waals surface area contributed by atoms with Crippen LogP contribution < -0.4 is 5.32 Å². The van der Waals surface area contributed by atoms with Gasteiger partial charge in [-0.25, -0.2) is 0 Å². The second-order valence-electron chi connectivity index (χ2n) is 4.77. The topological polar surface area (TPSA) is 41.5 Å². The average molecular weight is 215 g/mol. The number of rotatable bonds is 8. The lowest BCUT2D eigenvalue weighted by Crippen LogP contribution is -2.45. The summed E-state index contributed by atoms with van der Waals surface area (Å²) in [4.78, 5) is 0. The van der Waals surface area contributed by atoms with Crippen LogP contribution in [0.2, 0.25) is 0 Å². The van der Waals surface area contributed by atoms with Gasteiger partial charge in [0, 0.05) is 26.3 Å². The van der Waals surface area contributed by atoms with E-state index in [1.807, 2.05) is 0 Å². The third-order valence-corrected chi connectivity index (χ3v) is 3.68. The van der Waals surface area contributed by atoms with E-state index < -0.39 is 0 Å². The quantitative estimate of drug-likeness (QED) is 0.645. The zero-order valence-electron chi connectivity index (χ0n) is 10.1. The van der Waals surface area contributed by atoms with Crippen LogP contribution in [0.25, 0.3) is 0 Å². The Hall–Kier alpha value is -0.120. The Morgan fingerprint density at radius 1 is 1.47 bits per heavy atom. The lowest BCUT2D eigenvalue weighted by Gasteiger charge is -2.42. The van der Waals surface area contributed by atoms with Crippen molar-refractivity contribution in [3.63, 3.8) is 0 Å². The SMILES string of the molecule is CCC(COC)NCC1(CCO)CCC1. The van der Waals surface area contributed by atoms with E-state index in [0.29, 0.717) is 18.1 Å². The van der Waals surface area contributed by atoms with Crippen LogP contribution in [0.5, 0.6) is 0 Å². The van der Waals surface area contributed by atoms with Crippen molar-refractivity contribution < 1.29 is 9.84 Å². The molecule has 1 atom stereocenters. The lowest BCUT2D eigenvalue weighted by atomic mass is 9.66. The van der Waals surface area contributed by atoms with Crippen molar-refractivity contribution in [3.8, 4) is 0 Å². The normalized spacial score (nSPS) is 21.0. The highest BCUT2D eigenvalue weighted by Crippen LogP contribution is 2.43. The summed E-state index contributed by atoms with van der Waals surface area (Å²) in [5.74, 6) is 0. The van der Waals surface area contributed by atoms with Crippen molar-refractivity contribution in [3.05, 3.63) is 0 Å². The molecule has 0 aromatic rings. The molecule has 3 heteroatoms. The Morgan fingerprint density at radius 2 is 2.20 bits per heavy atom. The van der Waals surface area contributed by atoms with Gasteiger partial charge in [0.05, 0.1) is 6.61 Å².